The van der Waals surface area contributed by atoms with E-state index in [0.29, 0.717) is 34.2 Å². The lowest BCUT2D eigenvalue weighted by Crippen LogP contribution is -2.35. The van der Waals surface area contributed by atoms with Crippen molar-refractivity contribution in [3.05, 3.63) is 82.9 Å². The maximum absolute atomic E-state index is 13.0. The number of rotatable bonds is 7. The number of hydrogen-bond donors (Lipinski definition) is 3. The maximum Gasteiger partial charge on any atom is 0.258 e. The number of amides is 2. The molecule has 0 aliphatic carbocycles. The monoisotopic (exact) mass is 489 g/mol. The van der Waals surface area contributed by atoms with E-state index < -0.39 is 0 Å². The number of nitrogens with one attached hydrogen (secondary N) is 2. The number of hydrogen-bond acceptors (Lipinski definition) is 5. The molecule has 3 aromatic rings. The summed E-state index contributed by atoms with van der Waals surface area (Å²) in [6, 6.07) is 20.3. The second kappa shape index (κ2) is 10.2. The Morgan fingerprint density at radius 1 is 1.00 bits per heavy atom. The van der Waals surface area contributed by atoms with Crippen molar-refractivity contribution in [1.82, 2.24) is 4.90 Å². The number of nitrogens with two attached hydrogens (primary N) is 1. The Kier molecular flexibility index (Phi) is 7.10. The third-order valence-electron chi connectivity index (χ3n) is 5.77. The number of nitrogen functional groups attached to an aromatic ring is 1. The first-order valence-corrected chi connectivity index (χ1v) is 11.6. The molecule has 35 heavy (non-hydrogen) atoms. The standard InChI is InChI=1S/C27H28ClN5O2/c1-17(34)33(15-14-32(2)3)22-11-9-21(10-12-22)30-26(18-4-7-20(29)8-5-18)25-23-13-6-19(28)16-24(23)31-27(25)35/h4-13,16,30H,14-15,29H2,1-3H3,(H,31,35). The predicted molar refractivity (Wildman–Crippen MR) is 144 cm³/mol. The number of likely N-dealkylation sites (N-methyl/N-ethyl adjacent to an activating group) is 1. The molecule has 0 bridgehead atoms. The van der Waals surface area contributed by atoms with Gasteiger partial charge in [0.2, 0.25) is 5.91 Å². The molecule has 4 rings (SSSR count). The van der Waals surface area contributed by atoms with Crippen LogP contribution in [0.1, 0.15) is 18.1 Å². The van der Waals surface area contributed by atoms with Crippen LogP contribution in [0, 0.1) is 0 Å². The van der Waals surface area contributed by atoms with Gasteiger partial charge in [-0.25, -0.2) is 0 Å². The van der Waals surface area contributed by atoms with Crippen LogP contribution in [0.15, 0.2) is 66.7 Å². The summed E-state index contributed by atoms with van der Waals surface area (Å²) < 4.78 is 0. The fourth-order valence-electron chi connectivity index (χ4n) is 3.96. The Bertz CT molecular complexity index is 1280. The van der Waals surface area contributed by atoms with Crippen LogP contribution in [-0.2, 0) is 9.59 Å². The van der Waals surface area contributed by atoms with Crippen molar-refractivity contribution < 1.29 is 9.59 Å². The molecule has 0 atom stereocenters. The Hall–Kier alpha value is -3.81. The zero-order valence-corrected chi connectivity index (χ0v) is 20.7. The number of fused-ring (bicyclic) bond motifs is 1. The van der Waals surface area contributed by atoms with Gasteiger partial charge in [0.25, 0.3) is 5.91 Å². The number of carbonyl (C=O) groups is 2. The summed E-state index contributed by atoms with van der Waals surface area (Å²) in [5, 5.41) is 6.87. The number of nitrogens with zero attached hydrogens (tertiary/aromatic N) is 2. The molecule has 0 spiro atoms. The minimum Gasteiger partial charge on any atom is -0.399 e. The van der Waals surface area contributed by atoms with E-state index >= 15 is 0 Å². The molecule has 0 radical (unpaired) electrons. The fourth-order valence-corrected chi connectivity index (χ4v) is 4.13. The topological polar surface area (TPSA) is 90.7 Å². The highest BCUT2D eigenvalue weighted by Gasteiger charge is 2.28. The quantitative estimate of drug-likeness (QED) is 0.328. The van der Waals surface area contributed by atoms with Gasteiger partial charge in [0.1, 0.15) is 0 Å². The molecule has 7 nitrogen and oxygen atoms in total. The predicted octanol–water partition coefficient (Wildman–Crippen LogP) is 4.77. The van der Waals surface area contributed by atoms with Gasteiger partial charge in [-0.05, 0) is 68.2 Å². The van der Waals surface area contributed by atoms with Crippen LogP contribution in [0.4, 0.5) is 22.7 Å². The van der Waals surface area contributed by atoms with Gasteiger partial charge in [0, 0.05) is 47.7 Å². The van der Waals surface area contributed by atoms with E-state index in [0.717, 1.165) is 29.0 Å². The second-order valence-electron chi connectivity index (χ2n) is 8.66. The van der Waals surface area contributed by atoms with E-state index in [1.165, 1.54) is 0 Å². The SMILES string of the molecule is CC(=O)N(CCN(C)C)c1ccc(NC(=C2C(=O)Nc3cc(Cl)ccc32)c2ccc(N)cc2)cc1. The molecule has 0 saturated heterocycles. The summed E-state index contributed by atoms with van der Waals surface area (Å²) in [7, 11) is 3.95. The van der Waals surface area contributed by atoms with E-state index in [1.807, 2.05) is 61.5 Å². The van der Waals surface area contributed by atoms with Crippen molar-refractivity contribution in [2.24, 2.45) is 0 Å². The number of halogens is 1. The van der Waals surface area contributed by atoms with Crippen molar-refractivity contribution in [3.63, 3.8) is 0 Å². The second-order valence-corrected chi connectivity index (χ2v) is 9.10. The minimum atomic E-state index is -0.218. The molecule has 0 unspecified atom stereocenters. The Morgan fingerprint density at radius 3 is 2.31 bits per heavy atom. The van der Waals surface area contributed by atoms with Crippen LogP contribution < -0.4 is 21.3 Å². The van der Waals surface area contributed by atoms with Crippen molar-refractivity contribution in [1.29, 1.82) is 0 Å². The molecule has 1 aliphatic heterocycles. The smallest absolute Gasteiger partial charge is 0.258 e. The Labute approximate surface area is 210 Å². The van der Waals surface area contributed by atoms with Crippen LogP contribution >= 0.6 is 11.6 Å². The molecule has 4 N–H and O–H groups in total. The van der Waals surface area contributed by atoms with Crippen LogP contribution in [-0.4, -0.2) is 43.9 Å². The molecule has 0 fully saturated rings. The molecule has 1 aliphatic rings. The fraction of sp³-hybridized carbons (Fsp3) is 0.185. The van der Waals surface area contributed by atoms with Crippen molar-refractivity contribution in [2.45, 2.75) is 6.92 Å². The zero-order chi connectivity index (χ0) is 25.1. The summed E-state index contributed by atoms with van der Waals surface area (Å²) >= 11 is 6.14. The molecule has 0 saturated carbocycles. The lowest BCUT2D eigenvalue weighted by Gasteiger charge is -2.23. The number of anilines is 4. The average molecular weight is 490 g/mol. The molecule has 180 valence electrons. The van der Waals surface area contributed by atoms with Crippen LogP contribution in [0.2, 0.25) is 5.02 Å². The van der Waals surface area contributed by atoms with Gasteiger partial charge >= 0.3 is 0 Å². The van der Waals surface area contributed by atoms with Crippen LogP contribution in [0.25, 0.3) is 11.3 Å². The molecule has 1 heterocycles. The van der Waals surface area contributed by atoms with E-state index in [-0.39, 0.29) is 11.8 Å². The highest BCUT2D eigenvalue weighted by atomic mass is 35.5. The lowest BCUT2D eigenvalue weighted by atomic mass is 10.00. The molecule has 3 aromatic carbocycles. The third-order valence-corrected chi connectivity index (χ3v) is 6.01. The normalized spacial score (nSPS) is 13.9. The molecular weight excluding hydrogens is 462 g/mol. The zero-order valence-electron chi connectivity index (χ0n) is 19.9. The molecule has 8 heteroatoms. The summed E-state index contributed by atoms with van der Waals surface area (Å²) in [6.45, 7) is 2.91. The Morgan fingerprint density at radius 2 is 1.69 bits per heavy atom. The van der Waals surface area contributed by atoms with Crippen molar-refractivity contribution >= 4 is 57.4 Å². The van der Waals surface area contributed by atoms with E-state index in [9.17, 15) is 9.59 Å². The van der Waals surface area contributed by atoms with E-state index in [4.69, 9.17) is 17.3 Å². The summed E-state index contributed by atoms with van der Waals surface area (Å²) in [4.78, 5) is 29.0. The largest absolute Gasteiger partial charge is 0.399 e. The first-order valence-electron chi connectivity index (χ1n) is 11.2. The van der Waals surface area contributed by atoms with Gasteiger partial charge in [0.15, 0.2) is 0 Å². The summed E-state index contributed by atoms with van der Waals surface area (Å²) in [5.74, 6) is -0.236. The first-order chi connectivity index (χ1) is 16.7. The Balaban J connectivity index is 1.72. The molecule has 0 aromatic heterocycles. The van der Waals surface area contributed by atoms with Gasteiger partial charge in [-0.1, -0.05) is 29.8 Å². The summed E-state index contributed by atoms with van der Waals surface area (Å²) in [6.07, 6.45) is 0. The maximum atomic E-state index is 13.0. The molecule has 2 amide bonds. The van der Waals surface area contributed by atoms with Crippen molar-refractivity contribution in [3.8, 4) is 0 Å². The highest BCUT2D eigenvalue weighted by molar-refractivity contribution is 6.38. The van der Waals surface area contributed by atoms with Gasteiger partial charge in [0.05, 0.1) is 17.0 Å². The van der Waals surface area contributed by atoms with Gasteiger partial charge < -0.3 is 26.2 Å². The minimum absolute atomic E-state index is 0.0184. The van der Waals surface area contributed by atoms with Crippen LogP contribution in [0.3, 0.4) is 0 Å². The van der Waals surface area contributed by atoms with Gasteiger partial charge in [-0.2, -0.15) is 0 Å². The number of benzene rings is 3. The number of carbonyl (C=O) groups excluding carboxylic acids is 2. The van der Waals surface area contributed by atoms with E-state index in [2.05, 4.69) is 10.6 Å². The molecular formula is C27H28ClN5O2. The van der Waals surface area contributed by atoms with Gasteiger partial charge in [-0.3, -0.25) is 9.59 Å². The third kappa shape index (κ3) is 5.48. The van der Waals surface area contributed by atoms with Crippen LogP contribution in [0.5, 0.6) is 0 Å². The van der Waals surface area contributed by atoms with Crippen molar-refractivity contribution in [2.75, 3.05) is 48.5 Å². The highest BCUT2D eigenvalue weighted by Crippen LogP contribution is 2.39. The van der Waals surface area contributed by atoms with E-state index in [1.54, 1.807) is 36.1 Å². The van der Waals surface area contributed by atoms with Gasteiger partial charge in [-0.15, -0.1) is 0 Å². The average Bonchev–Trinajstić information content (AvgIpc) is 3.13. The summed E-state index contributed by atoms with van der Waals surface area (Å²) in [5.41, 5.74) is 11.5. The lowest BCUT2D eigenvalue weighted by molar-refractivity contribution is -0.116. The first kappa shape index (κ1) is 24.3.